The van der Waals surface area contributed by atoms with Gasteiger partial charge in [-0.15, -0.1) is 0 Å². The fourth-order valence-corrected chi connectivity index (χ4v) is 0.474. The van der Waals surface area contributed by atoms with E-state index in [1.54, 1.807) is 0 Å². The second kappa shape index (κ2) is 4.12. The lowest BCUT2D eigenvalue weighted by atomic mass is 10.5. The molecule has 0 atom stereocenters. The predicted molar refractivity (Wildman–Crippen MR) is 40.1 cm³/mol. The van der Waals surface area contributed by atoms with E-state index in [-0.39, 0.29) is 12.1 Å². The number of hydrogen-bond donors (Lipinski definition) is 0. The molecular weight excluding hydrogens is 219 g/mol. The van der Waals surface area contributed by atoms with Crippen LogP contribution in [-0.2, 0) is 9.53 Å². The lowest BCUT2D eigenvalue weighted by molar-refractivity contribution is -0.143. The van der Waals surface area contributed by atoms with Crippen LogP contribution in [0.4, 0.5) is 0 Å². The van der Waals surface area contributed by atoms with Gasteiger partial charge in [0.15, 0.2) is 0 Å². The first-order valence-electron chi connectivity index (χ1n) is 2.42. The third-order valence-electron chi connectivity index (χ3n) is 0.476. The van der Waals surface area contributed by atoms with Gasteiger partial charge in [-0.05, 0) is 13.8 Å². The Kier molecular flexibility index (Phi) is 4.22. The van der Waals surface area contributed by atoms with Crippen molar-refractivity contribution < 1.29 is 9.53 Å². The van der Waals surface area contributed by atoms with Crippen LogP contribution in [-0.4, -0.2) is 16.5 Å². The largest absolute Gasteiger partial charge is 0.462 e. The molecule has 0 unspecified atom stereocenters. The van der Waals surface area contributed by atoms with Crippen molar-refractivity contribution in [2.45, 2.75) is 20.0 Å². The summed E-state index contributed by atoms with van der Waals surface area (Å²) < 4.78 is 5.19. The van der Waals surface area contributed by atoms with Gasteiger partial charge < -0.3 is 4.74 Å². The van der Waals surface area contributed by atoms with E-state index in [0.717, 1.165) is 0 Å². The highest BCUT2D eigenvalue weighted by molar-refractivity contribution is 14.1. The molecule has 0 aromatic rings. The molecule has 0 fully saturated rings. The first kappa shape index (κ1) is 8.20. The first-order chi connectivity index (χ1) is 3.66. The molecule has 2 nitrogen and oxygen atoms in total. The van der Waals surface area contributed by atoms with Crippen molar-refractivity contribution in [3.8, 4) is 0 Å². The van der Waals surface area contributed by atoms with Gasteiger partial charge in [-0.3, -0.25) is 4.79 Å². The van der Waals surface area contributed by atoms with Crippen molar-refractivity contribution in [3.05, 3.63) is 0 Å². The smallest absolute Gasteiger partial charge is 0.315 e. The third kappa shape index (κ3) is 4.36. The minimum Gasteiger partial charge on any atom is -0.462 e. The number of rotatable bonds is 2. The van der Waals surface area contributed by atoms with Gasteiger partial charge in [0.2, 0.25) is 0 Å². The molecule has 0 aromatic carbocycles. The Hall–Kier alpha value is 0.200. The van der Waals surface area contributed by atoms with Crippen LogP contribution in [0.15, 0.2) is 0 Å². The van der Waals surface area contributed by atoms with E-state index in [2.05, 4.69) is 0 Å². The van der Waals surface area contributed by atoms with Crippen LogP contribution in [0, 0.1) is 0 Å². The normalized spacial score (nSPS) is 9.50. The maximum absolute atomic E-state index is 10.4. The van der Waals surface area contributed by atoms with Crippen LogP contribution < -0.4 is 0 Å². The van der Waals surface area contributed by atoms with Gasteiger partial charge in [-0.25, -0.2) is 0 Å². The molecule has 0 amide bonds. The summed E-state index contributed by atoms with van der Waals surface area (Å²) in [4.78, 5) is 10.4. The molecule has 0 rings (SSSR count). The van der Waals surface area contributed by atoms with Crippen molar-refractivity contribution in [1.82, 2.24) is 0 Å². The zero-order valence-electron chi connectivity index (χ0n) is 4.98. The van der Waals surface area contributed by atoms with Crippen LogP contribution in [0.3, 0.4) is 0 Å². The van der Waals surface area contributed by atoms with Gasteiger partial charge in [0.05, 0.1) is 10.5 Å². The monoisotopic (exact) mass is 228 g/mol. The summed E-state index contributed by atoms with van der Waals surface area (Å²) in [6.45, 7) is 3.68. The quantitative estimate of drug-likeness (QED) is 0.405. The maximum atomic E-state index is 10.4. The summed E-state index contributed by atoms with van der Waals surface area (Å²) in [5.41, 5.74) is 0. The number of carbonyl (C=O) groups is 1. The van der Waals surface area contributed by atoms with Gasteiger partial charge in [0.25, 0.3) is 0 Å². The van der Waals surface area contributed by atoms with E-state index in [1.807, 2.05) is 36.4 Å². The topological polar surface area (TPSA) is 26.3 Å². The Labute approximate surface area is 62.7 Å². The summed E-state index contributed by atoms with van der Waals surface area (Å²) in [5.74, 6) is -0.138. The van der Waals surface area contributed by atoms with Crippen LogP contribution in [0.1, 0.15) is 13.8 Å². The lowest BCUT2D eigenvalue weighted by Crippen LogP contribution is -2.11. The van der Waals surface area contributed by atoms with Crippen LogP contribution >= 0.6 is 22.6 Å². The Morgan fingerprint density at radius 3 is 2.38 bits per heavy atom. The van der Waals surface area contributed by atoms with Crippen molar-refractivity contribution in [2.75, 3.05) is 4.43 Å². The fraction of sp³-hybridized carbons (Fsp3) is 0.800. The van der Waals surface area contributed by atoms with E-state index < -0.39 is 0 Å². The molecule has 8 heavy (non-hydrogen) atoms. The van der Waals surface area contributed by atoms with E-state index in [4.69, 9.17) is 4.74 Å². The molecule has 3 heteroatoms. The van der Waals surface area contributed by atoms with Crippen molar-refractivity contribution in [2.24, 2.45) is 0 Å². The Morgan fingerprint density at radius 1 is 1.75 bits per heavy atom. The summed E-state index contributed by atoms with van der Waals surface area (Å²) in [6, 6.07) is 0. The Balaban J connectivity index is 3.25. The molecule has 0 aliphatic rings. The van der Waals surface area contributed by atoms with Gasteiger partial charge in [-0.1, -0.05) is 22.6 Å². The molecule has 0 radical (unpaired) electrons. The highest BCUT2D eigenvalue weighted by atomic mass is 127. The zero-order chi connectivity index (χ0) is 6.57. The highest BCUT2D eigenvalue weighted by Crippen LogP contribution is 1.91. The molecule has 0 spiro atoms. The average molecular weight is 228 g/mol. The number of carbonyl (C=O) groups excluding carboxylic acids is 1. The molecule has 0 aliphatic heterocycles. The number of halogens is 1. The summed E-state index contributed by atoms with van der Waals surface area (Å²) >= 11 is 1.97. The second-order valence-corrected chi connectivity index (χ2v) is 2.44. The molecule has 0 saturated carbocycles. The van der Waals surface area contributed by atoms with Crippen LogP contribution in [0.2, 0.25) is 0 Å². The number of esters is 1. The minimum absolute atomic E-state index is 0.0252. The van der Waals surface area contributed by atoms with Crippen molar-refractivity contribution >= 4 is 28.6 Å². The van der Waals surface area contributed by atoms with E-state index in [9.17, 15) is 4.79 Å². The molecule has 0 heterocycles. The van der Waals surface area contributed by atoms with E-state index in [0.29, 0.717) is 4.43 Å². The molecule has 0 aliphatic carbocycles. The van der Waals surface area contributed by atoms with Gasteiger partial charge in [-0.2, -0.15) is 0 Å². The van der Waals surface area contributed by atoms with Crippen LogP contribution in [0.25, 0.3) is 0 Å². The Morgan fingerprint density at radius 2 is 2.25 bits per heavy atom. The first-order valence-corrected chi connectivity index (χ1v) is 3.95. The summed E-state index contributed by atoms with van der Waals surface area (Å²) in [7, 11) is 0. The minimum atomic E-state index is -0.138. The van der Waals surface area contributed by atoms with E-state index in [1.165, 1.54) is 0 Å². The molecule has 0 N–H and O–H groups in total. The SMILES string of the molecule is CC(C)OC(=O)CI. The third-order valence-corrected chi connectivity index (χ3v) is 1.10. The number of alkyl halides is 1. The lowest BCUT2D eigenvalue weighted by Gasteiger charge is -2.03. The molecule has 0 saturated heterocycles. The second-order valence-electron chi connectivity index (χ2n) is 1.67. The average Bonchev–Trinajstić information content (AvgIpc) is 1.65. The molecular formula is C5H9IO2. The van der Waals surface area contributed by atoms with Crippen molar-refractivity contribution in [3.63, 3.8) is 0 Å². The number of hydrogen-bond acceptors (Lipinski definition) is 2. The maximum Gasteiger partial charge on any atom is 0.315 e. The summed E-state index contributed by atoms with van der Waals surface area (Å²) in [6.07, 6.45) is 0.0252. The summed E-state index contributed by atoms with van der Waals surface area (Å²) in [5, 5.41) is 0. The zero-order valence-corrected chi connectivity index (χ0v) is 7.14. The number of ether oxygens (including phenoxy) is 1. The fourth-order valence-electron chi connectivity index (χ4n) is 0.294. The predicted octanol–water partition coefficient (Wildman–Crippen LogP) is 1.37. The van der Waals surface area contributed by atoms with Crippen molar-refractivity contribution in [1.29, 1.82) is 0 Å². The van der Waals surface area contributed by atoms with Gasteiger partial charge >= 0.3 is 5.97 Å². The van der Waals surface area contributed by atoms with E-state index >= 15 is 0 Å². The Bertz CT molecular complexity index is 80.5. The van der Waals surface area contributed by atoms with Crippen LogP contribution in [0.5, 0.6) is 0 Å². The van der Waals surface area contributed by atoms with Gasteiger partial charge in [0, 0.05) is 0 Å². The molecule has 48 valence electrons. The molecule has 0 aromatic heterocycles. The standard InChI is InChI=1S/C5H9IO2/c1-4(2)8-5(7)3-6/h4H,3H2,1-2H3. The molecule has 0 bridgehead atoms. The highest BCUT2D eigenvalue weighted by Gasteiger charge is 1.99. The van der Waals surface area contributed by atoms with Gasteiger partial charge in [0.1, 0.15) is 0 Å².